The van der Waals surface area contributed by atoms with Gasteiger partial charge in [-0.1, -0.05) is 214 Å². The fraction of sp³-hybridized carbons (Fsp3) is 0.936. The molecular weight excluding hydrogens is 661 g/mol. The molecule has 0 aliphatic carbocycles. The van der Waals surface area contributed by atoms with Crippen molar-refractivity contribution in [2.75, 3.05) is 13.2 Å². The van der Waals surface area contributed by atoms with Gasteiger partial charge in [0.1, 0.15) is 13.2 Å². The summed E-state index contributed by atoms with van der Waals surface area (Å²) in [6.07, 6.45) is 38.0. The summed E-state index contributed by atoms with van der Waals surface area (Å²) >= 11 is 0. The van der Waals surface area contributed by atoms with Gasteiger partial charge in [-0.2, -0.15) is 0 Å². The maximum absolute atomic E-state index is 12.7. The van der Waals surface area contributed by atoms with E-state index in [2.05, 4.69) is 34.6 Å². The number of ether oxygens (including phenoxy) is 3. The van der Waals surface area contributed by atoms with Gasteiger partial charge in [-0.3, -0.25) is 14.4 Å². The molecule has 0 N–H and O–H groups in total. The highest BCUT2D eigenvalue weighted by atomic mass is 16.6. The predicted octanol–water partition coefficient (Wildman–Crippen LogP) is 14.6. The van der Waals surface area contributed by atoms with Gasteiger partial charge in [0.05, 0.1) is 0 Å². The summed E-state index contributed by atoms with van der Waals surface area (Å²) in [6, 6.07) is 0. The Morgan fingerprint density at radius 3 is 0.981 bits per heavy atom. The summed E-state index contributed by atoms with van der Waals surface area (Å²) < 4.78 is 16.7. The van der Waals surface area contributed by atoms with Gasteiger partial charge in [0.2, 0.25) is 0 Å². The topological polar surface area (TPSA) is 78.9 Å². The molecule has 0 aromatic carbocycles. The first kappa shape index (κ1) is 51.4. The number of hydrogen-bond donors (Lipinski definition) is 0. The SMILES string of the molecule is CCCCCCCCCC(=O)OC[C@H](COC(=O)CCCCCCCCCCCCC(C)CC)OC(=O)CCCCCCCCCCCCC(C)CC. The Morgan fingerprint density at radius 1 is 0.377 bits per heavy atom. The van der Waals surface area contributed by atoms with E-state index in [9.17, 15) is 14.4 Å². The lowest BCUT2D eigenvalue weighted by atomic mass is 9.99. The number of carbonyl (C=O) groups excluding carboxylic acids is 3. The molecule has 0 fully saturated rings. The number of unbranched alkanes of at least 4 members (excludes halogenated alkanes) is 24. The molecule has 0 aromatic rings. The molecule has 314 valence electrons. The van der Waals surface area contributed by atoms with Crippen LogP contribution in [0.1, 0.15) is 253 Å². The Balaban J connectivity index is 4.28. The normalized spacial score (nSPS) is 13.1. The number of esters is 3. The Kier molecular flexibility index (Phi) is 38.9. The van der Waals surface area contributed by atoms with Crippen molar-refractivity contribution in [2.24, 2.45) is 11.8 Å². The highest BCUT2D eigenvalue weighted by molar-refractivity contribution is 5.71. The summed E-state index contributed by atoms with van der Waals surface area (Å²) in [6.45, 7) is 11.4. The van der Waals surface area contributed by atoms with Gasteiger partial charge in [0.15, 0.2) is 6.10 Å². The second-order valence-electron chi connectivity index (χ2n) is 16.5. The lowest BCUT2D eigenvalue weighted by molar-refractivity contribution is -0.167. The minimum Gasteiger partial charge on any atom is -0.462 e. The van der Waals surface area contributed by atoms with Crippen LogP contribution in [0.25, 0.3) is 0 Å². The lowest BCUT2D eigenvalue weighted by Crippen LogP contribution is -2.30. The highest BCUT2D eigenvalue weighted by Crippen LogP contribution is 2.18. The minimum atomic E-state index is -0.760. The zero-order valence-electron chi connectivity index (χ0n) is 36.1. The molecule has 0 radical (unpaired) electrons. The van der Waals surface area contributed by atoms with Gasteiger partial charge in [0, 0.05) is 19.3 Å². The van der Waals surface area contributed by atoms with Gasteiger partial charge >= 0.3 is 17.9 Å². The van der Waals surface area contributed by atoms with Gasteiger partial charge in [-0.15, -0.1) is 0 Å². The zero-order chi connectivity index (χ0) is 39.0. The predicted molar refractivity (Wildman–Crippen MR) is 224 cm³/mol. The van der Waals surface area contributed by atoms with Crippen LogP contribution in [0.3, 0.4) is 0 Å². The van der Waals surface area contributed by atoms with Gasteiger partial charge in [-0.25, -0.2) is 0 Å². The third-order valence-electron chi connectivity index (χ3n) is 11.2. The van der Waals surface area contributed by atoms with E-state index in [0.29, 0.717) is 19.3 Å². The number of carbonyl (C=O) groups is 3. The first-order valence-electron chi connectivity index (χ1n) is 23.3. The first-order valence-corrected chi connectivity index (χ1v) is 23.3. The summed E-state index contributed by atoms with van der Waals surface area (Å²) in [7, 11) is 0. The third kappa shape index (κ3) is 38.5. The number of hydrogen-bond acceptors (Lipinski definition) is 6. The van der Waals surface area contributed by atoms with Crippen molar-refractivity contribution in [2.45, 2.75) is 259 Å². The summed E-state index contributed by atoms with van der Waals surface area (Å²) in [5.41, 5.74) is 0. The van der Waals surface area contributed by atoms with Crippen LogP contribution in [0, 0.1) is 11.8 Å². The van der Waals surface area contributed by atoms with Gasteiger partial charge in [0.25, 0.3) is 0 Å². The fourth-order valence-corrected chi connectivity index (χ4v) is 6.86. The molecule has 0 bridgehead atoms. The Bertz CT molecular complexity index is 813. The zero-order valence-corrected chi connectivity index (χ0v) is 36.1. The average molecular weight is 751 g/mol. The molecule has 0 heterocycles. The lowest BCUT2D eigenvalue weighted by Gasteiger charge is -2.18. The highest BCUT2D eigenvalue weighted by Gasteiger charge is 2.19. The summed E-state index contributed by atoms with van der Waals surface area (Å²) in [4.78, 5) is 37.6. The van der Waals surface area contributed by atoms with Crippen LogP contribution in [-0.4, -0.2) is 37.2 Å². The van der Waals surface area contributed by atoms with Crippen molar-refractivity contribution in [3.8, 4) is 0 Å². The quantitative estimate of drug-likeness (QED) is 0.0352. The molecule has 6 heteroatoms. The molecule has 53 heavy (non-hydrogen) atoms. The maximum Gasteiger partial charge on any atom is 0.306 e. The van der Waals surface area contributed by atoms with Crippen LogP contribution in [-0.2, 0) is 28.6 Å². The van der Waals surface area contributed by atoms with Crippen LogP contribution in [0.4, 0.5) is 0 Å². The van der Waals surface area contributed by atoms with E-state index < -0.39 is 6.10 Å². The van der Waals surface area contributed by atoms with Crippen molar-refractivity contribution >= 4 is 17.9 Å². The molecule has 0 aliphatic rings. The van der Waals surface area contributed by atoms with Crippen LogP contribution >= 0.6 is 0 Å². The van der Waals surface area contributed by atoms with Gasteiger partial charge < -0.3 is 14.2 Å². The molecule has 0 saturated heterocycles. The van der Waals surface area contributed by atoms with E-state index in [0.717, 1.165) is 69.6 Å². The van der Waals surface area contributed by atoms with E-state index in [4.69, 9.17) is 14.2 Å². The monoisotopic (exact) mass is 751 g/mol. The maximum atomic E-state index is 12.7. The van der Waals surface area contributed by atoms with Crippen molar-refractivity contribution in [1.82, 2.24) is 0 Å². The van der Waals surface area contributed by atoms with Crippen molar-refractivity contribution in [3.05, 3.63) is 0 Å². The molecule has 0 amide bonds. The fourth-order valence-electron chi connectivity index (χ4n) is 6.86. The van der Waals surface area contributed by atoms with E-state index in [1.54, 1.807) is 0 Å². The van der Waals surface area contributed by atoms with Crippen LogP contribution in [0.5, 0.6) is 0 Å². The number of rotatable bonds is 41. The summed E-state index contributed by atoms with van der Waals surface area (Å²) in [5.74, 6) is 0.875. The average Bonchev–Trinajstić information content (AvgIpc) is 3.15. The second kappa shape index (κ2) is 40.1. The van der Waals surface area contributed by atoms with Gasteiger partial charge in [-0.05, 0) is 31.1 Å². The largest absolute Gasteiger partial charge is 0.462 e. The molecule has 0 rings (SSSR count). The molecule has 3 atom stereocenters. The van der Waals surface area contributed by atoms with Crippen LogP contribution in [0.15, 0.2) is 0 Å². The standard InChI is InChI=1S/C47H90O6/c1-6-9-10-11-20-27-32-37-45(48)51-40-44(53-47(50)39-34-29-24-19-15-13-17-22-26-31-36-43(5)8-3)41-52-46(49)38-33-28-23-18-14-12-16-21-25-30-35-42(4)7-2/h42-44H,6-41H2,1-5H3/t42?,43?,44-/m1/s1. The van der Waals surface area contributed by atoms with Crippen molar-refractivity contribution in [3.63, 3.8) is 0 Å². The molecule has 2 unspecified atom stereocenters. The van der Waals surface area contributed by atoms with Crippen LogP contribution < -0.4 is 0 Å². The molecule has 0 aromatic heterocycles. The summed E-state index contributed by atoms with van der Waals surface area (Å²) in [5, 5.41) is 0. The van der Waals surface area contributed by atoms with Crippen molar-refractivity contribution in [1.29, 1.82) is 0 Å². The Labute approximate surface area is 329 Å². The van der Waals surface area contributed by atoms with E-state index in [1.807, 2.05) is 0 Å². The molecular formula is C47H90O6. The van der Waals surface area contributed by atoms with E-state index in [1.165, 1.54) is 141 Å². The van der Waals surface area contributed by atoms with E-state index in [-0.39, 0.29) is 31.1 Å². The molecule has 0 spiro atoms. The Hall–Kier alpha value is -1.59. The smallest absolute Gasteiger partial charge is 0.306 e. The van der Waals surface area contributed by atoms with Crippen molar-refractivity contribution < 1.29 is 28.6 Å². The van der Waals surface area contributed by atoms with Crippen LogP contribution in [0.2, 0.25) is 0 Å². The van der Waals surface area contributed by atoms with E-state index >= 15 is 0 Å². The molecule has 6 nitrogen and oxygen atoms in total. The minimum absolute atomic E-state index is 0.0652. The molecule has 0 saturated carbocycles. The second-order valence-corrected chi connectivity index (χ2v) is 16.5. The molecule has 0 aliphatic heterocycles. The first-order chi connectivity index (χ1) is 25.8. The Morgan fingerprint density at radius 2 is 0.660 bits per heavy atom. The third-order valence-corrected chi connectivity index (χ3v) is 11.2.